The molecule has 6 nitrogen and oxygen atoms in total. The van der Waals surface area contributed by atoms with E-state index in [9.17, 15) is 0 Å². The number of hydrogen-bond donors (Lipinski definition) is 1. The van der Waals surface area contributed by atoms with Crippen LogP contribution < -0.4 is 0 Å². The molecule has 0 aromatic heterocycles. The molecule has 0 atom stereocenters. The summed E-state index contributed by atoms with van der Waals surface area (Å²) in [5.74, 6) is -1.71. The quantitative estimate of drug-likeness (QED) is 0.622. The Labute approximate surface area is 114 Å². The fourth-order valence-electron chi connectivity index (χ4n) is 2.58. The molecule has 0 bridgehead atoms. The van der Waals surface area contributed by atoms with Crippen molar-refractivity contribution in [2.75, 3.05) is 0 Å². The molecule has 0 amide bonds. The lowest BCUT2D eigenvalue weighted by molar-refractivity contribution is -0.532. The van der Waals surface area contributed by atoms with Gasteiger partial charge in [0.15, 0.2) is 0 Å². The van der Waals surface area contributed by atoms with Crippen molar-refractivity contribution in [3.63, 3.8) is 0 Å². The summed E-state index contributed by atoms with van der Waals surface area (Å²) in [5, 5.41) is 17.3. The molecule has 1 fully saturated rings. The van der Waals surface area contributed by atoms with E-state index < -0.39 is 5.97 Å². The van der Waals surface area contributed by atoms with E-state index in [-0.39, 0.29) is 22.7 Å². The van der Waals surface area contributed by atoms with Crippen LogP contribution in [0.4, 0.5) is 0 Å². The molecular weight excluding hydrogens is 252 g/mol. The largest absolute Gasteiger partial charge is 0.371 e. The molecule has 1 N–H and O–H groups in total. The van der Waals surface area contributed by atoms with Crippen molar-refractivity contribution >= 4 is 0 Å². The second kappa shape index (κ2) is 5.27. The second-order valence-corrected chi connectivity index (χ2v) is 7.41. The van der Waals surface area contributed by atoms with E-state index in [1.807, 2.05) is 0 Å². The van der Waals surface area contributed by atoms with Crippen LogP contribution in [0.2, 0.25) is 0 Å². The molecule has 1 heterocycles. The van der Waals surface area contributed by atoms with E-state index in [2.05, 4.69) is 63.4 Å². The lowest BCUT2D eigenvalue weighted by atomic mass is 9.53. The van der Waals surface area contributed by atoms with Gasteiger partial charge in [-0.15, -0.1) is 9.78 Å². The third-order valence-electron chi connectivity index (χ3n) is 4.73. The maximum atomic E-state index is 8.91. The lowest BCUT2D eigenvalue weighted by Gasteiger charge is -2.52. The smallest absolute Gasteiger partial charge is 0.246 e. The van der Waals surface area contributed by atoms with Gasteiger partial charge < -0.3 is 0 Å². The van der Waals surface area contributed by atoms with Crippen LogP contribution in [0.5, 0.6) is 0 Å². The Balaban J connectivity index is 2.86. The molecular formula is C13H26O6. The first kappa shape index (κ1) is 16.8. The minimum Gasteiger partial charge on any atom is -0.246 e. The fourth-order valence-corrected chi connectivity index (χ4v) is 2.58. The van der Waals surface area contributed by atoms with Crippen molar-refractivity contribution in [2.24, 2.45) is 16.2 Å². The van der Waals surface area contributed by atoms with Crippen LogP contribution in [0.1, 0.15) is 61.3 Å². The molecule has 0 aromatic carbocycles. The van der Waals surface area contributed by atoms with Crippen LogP contribution in [0.15, 0.2) is 0 Å². The molecule has 6 heteroatoms. The molecule has 0 radical (unpaired) electrons. The average molecular weight is 278 g/mol. The highest BCUT2D eigenvalue weighted by Gasteiger charge is 2.51. The molecule has 114 valence electrons. The molecule has 0 spiro atoms. The van der Waals surface area contributed by atoms with Gasteiger partial charge in [-0.25, -0.2) is 5.26 Å². The highest BCUT2D eigenvalue weighted by molar-refractivity contribution is 4.95. The van der Waals surface area contributed by atoms with Crippen molar-refractivity contribution in [1.29, 1.82) is 0 Å². The Kier molecular flexibility index (Phi) is 4.67. The van der Waals surface area contributed by atoms with Crippen LogP contribution in [-0.4, -0.2) is 11.2 Å². The van der Waals surface area contributed by atoms with Crippen molar-refractivity contribution in [1.82, 2.24) is 0 Å². The van der Waals surface area contributed by atoms with E-state index in [4.69, 9.17) is 15.0 Å². The summed E-state index contributed by atoms with van der Waals surface area (Å²) in [6.07, 6.45) is 0.960. The first-order valence-electron chi connectivity index (χ1n) is 6.50. The van der Waals surface area contributed by atoms with Crippen LogP contribution >= 0.6 is 0 Å². The Morgan fingerprint density at radius 2 is 1.32 bits per heavy atom. The average Bonchev–Trinajstić information content (AvgIpc) is 2.72. The molecule has 1 rings (SSSR count). The summed E-state index contributed by atoms with van der Waals surface area (Å²) in [6, 6.07) is 0. The molecule has 19 heavy (non-hydrogen) atoms. The topological polar surface area (TPSA) is 66.4 Å². The Hall–Kier alpha value is -0.240. The van der Waals surface area contributed by atoms with Gasteiger partial charge in [-0.3, -0.25) is 0 Å². The monoisotopic (exact) mass is 278 g/mol. The van der Waals surface area contributed by atoms with Gasteiger partial charge in [0.25, 0.3) is 0 Å². The Morgan fingerprint density at radius 3 is 1.63 bits per heavy atom. The van der Waals surface area contributed by atoms with Crippen LogP contribution in [0.3, 0.4) is 0 Å². The van der Waals surface area contributed by atoms with Gasteiger partial charge >= 0.3 is 5.97 Å². The summed E-state index contributed by atoms with van der Waals surface area (Å²) < 4.78 is 0. The Bertz CT molecular complexity index is 281. The maximum absolute atomic E-state index is 8.91. The van der Waals surface area contributed by atoms with Crippen LogP contribution in [0.25, 0.3) is 0 Å². The summed E-state index contributed by atoms with van der Waals surface area (Å²) in [6.45, 7) is 15.3. The third kappa shape index (κ3) is 3.26. The van der Waals surface area contributed by atoms with Gasteiger partial charge in [0.2, 0.25) is 0 Å². The van der Waals surface area contributed by atoms with Gasteiger partial charge in [0.1, 0.15) is 0 Å². The summed E-state index contributed by atoms with van der Waals surface area (Å²) in [4.78, 5) is 13.6. The highest BCUT2D eigenvalue weighted by atomic mass is 17.8. The maximum Gasteiger partial charge on any atom is 0.371 e. The van der Waals surface area contributed by atoms with Gasteiger partial charge in [-0.1, -0.05) is 48.5 Å². The van der Waals surface area contributed by atoms with E-state index >= 15 is 0 Å². The van der Waals surface area contributed by atoms with Gasteiger partial charge in [0.05, 0.1) is 0 Å². The predicted octanol–water partition coefficient (Wildman–Crippen LogP) is 3.83. The van der Waals surface area contributed by atoms with E-state index in [1.165, 1.54) is 0 Å². The summed E-state index contributed by atoms with van der Waals surface area (Å²) in [7, 11) is 0. The first-order valence-corrected chi connectivity index (χ1v) is 6.50. The zero-order valence-electron chi connectivity index (χ0n) is 12.9. The van der Waals surface area contributed by atoms with Gasteiger partial charge in [0, 0.05) is 6.42 Å². The zero-order valence-corrected chi connectivity index (χ0v) is 12.9. The first-order chi connectivity index (χ1) is 8.47. The van der Waals surface area contributed by atoms with Crippen LogP contribution in [0, 0.1) is 16.2 Å². The molecule has 0 saturated carbocycles. The highest BCUT2D eigenvalue weighted by Crippen LogP contribution is 2.55. The van der Waals surface area contributed by atoms with Crippen molar-refractivity contribution in [3.8, 4) is 0 Å². The molecule has 1 saturated heterocycles. The number of rotatable bonds is 4. The molecule has 0 aliphatic carbocycles. The fraction of sp³-hybridized carbons (Fsp3) is 1.00. The summed E-state index contributed by atoms with van der Waals surface area (Å²) in [5.41, 5.74) is 0.0330. The van der Waals surface area contributed by atoms with E-state index in [0.29, 0.717) is 6.42 Å². The second-order valence-electron chi connectivity index (χ2n) is 7.41. The van der Waals surface area contributed by atoms with Gasteiger partial charge in [-0.2, -0.15) is 4.89 Å². The SMILES string of the molecule is CC(C)(C)C(C)(CCC1(OO)OOOO1)C(C)(C)C. The lowest BCUT2D eigenvalue weighted by Crippen LogP contribution is -2.46. The van der Waals surface area contributed by atoms with Crippen molar-refractivity contribution in [2.45, 2.75) is 67.3 Å². The standard InChI is InChI=1S/C13H26O6/c1-10(2,3)12(7,11(4,5)6)8-9-13(15-14)16-18-19-17-13/h14H,8-9H2,1-7H3. The third-order valence-corrected chi connectivity index (χ3v) is 4.73. The minimum atomic E-state index is -1.71. The zero-order chi connectivity index (χ0) is 14.9. The minimum absolute atomic E-state index is 0.0439. The van der Waals surface area contributed by atoms with Crippen LogP contribution in [-0.2, 0) is 24.7 Å². The summed E-state index contributed by atoms with van der Waals surface area (Å²) >= 11 is 0. The van der Waals surface area contributed by atoms with E-state index in [0.717, 1.165) is 0 Å². The molecule has 0 aromatic rings. The van der Waals surface area contributed by atoms with Crippen molar-refractivity contribution < 1.29 is 30.0 Å². The van der Waals surface area contributed by atoms with Crippen molar-refractivity contribution in [3.05, 3.63) is 0 Å². The van der Waals surface area contributed by atoms with Gasteiger partial charge in [-0.05, 0) is 32.7 Å². The Morgan fingerprint density at radius 1 is 0.895 bits per heavy atom. The van der Waals surface area contributed by atoms with E-state index in [1.54, 1.807) is 0 Å². The number of hydrogen-bond acceptors (Lipinski definition) is 6. The molecule has 1 aliphatic rings. The molecule has 0 unspecified atom stereocenters. The normalized spacial score (nSPS) is 20.8. The molecule has 1 aliphatic heterocycles. The predicted molar refractivity (Wildman–Crippen MR) is 67.0 cm³/mol.